The highest BCUT2D eigenvalue weighted by Gasteiger charge is 2.09. The lowest BCUT2D eigenvalue weighted by atomic mass is 10.2. The van der Waals surface area contributed by atoms with E-state index in [-0.39, 0.29) is 18.6 Å². The van der Waals surface area contributed by atoms with Crippen LogP contribution in [0.4, 0.5) is 0 Å². The van der Waals surface area contributed by atoms with Gasteiger partial charge in [-0.25, -0.2) is 0 Å². The molecular formula is C16H26N2O3. The molecule has 21 heavy (non-hydrogen) atoms. The molecular weight excluding hydrogens is 268 g/mol. The Bertz CT molecular complexity index is 424. The molecule has 118 valence electrons. The zero-order valence-corrected chi connectivity index (χ0v) is 13.1. The zero-order valence-electron chi connectivity index (χ0n) is 13.1. The number of amides is 1. The van der Waals surface area contributed by atoms with Crippen LogP contribution in [0.15, 0.2) is 24.3 Å². The monoisotopic (exact) mass is 294 g/mol. The SMILES string of the molecule is CCCNCc1ccccc1OCC(=O)NC(C)COC. The van der Waals surface area contributed by atoms with Crippen molar-refractivity contribution < 1.29 is 14.3 Å². The molecule has 0 bridgehead atoms. The van der Waals surface area contributed by atoms with Gasteiger partial charge in [0, 0.05) is 25.3 Å². The molecule has 1 rings (SSSR count). The maximum absolute atomic E-state index is 11.8. The highest BCUT2D eigenvalue weighted by molar-refractivity contribution is 5.77. The van der Waals surface area contributed by atoms with Gasteiger partial charge in [-0.3, -0.25) is 4.79 Å². The molecule has 2 N–H and O–H groups in total. The van der Waals surface area contributed by atoms with E-state index in [0.717, 1.165) is 30.8 Å². The maximum atomic E-state index is 11.8. The van der Waals surface area contributed by atoms with Crippen molar-refractivity contribution in [1.29, 1.82) is 0 Å². The first-order valence-electron chi connectivity index (χ1n) is 7.37. The van der Waals surface area contributed by atoms with Crippen LogP contribution >= 0.6 is 0 Å². The molecule has 1 unspecified atom stereocenters. The van der Waals surface area contributed by atoms with Gasteiger partial charge in [-0.15, -0.1) is 0 Å². The largest absolute Gasteiger partial charge is 0.483 e. The fourth-order valence-corrected chi connectivity index (χ4v) is 1.94. The topological polar surface area (TPSA) is 59.6 Å². The Morgan fingerprint density at radius 2 is 2.10 bits per heavy atom. The Morgan fingerprint density at radius 3 is 2.81 bits per heavy atom. The van der Waals surface area contributed by atoms with Crippen LogP contribution in [0.5, 0.6) is 5.75 Å². The predicted octanol–water partition coefficient (Wildman–Crippen LogP) is 1.72. The van der Waals surface area contributed by atoms with Crippen molar-refractivity contribution in [2.45, 2.75) is 32.9 Å². The van der Waals surface area contributed by atoms with Crippen LogP contribution in [0.25, 0.3) is 0 Å². The Morgan fingerprint density at radius 1 is 1.33 bits per heavy atom. The summed E-state index contributed by atoms with van der Waals surface area (Å²) < 4.78 is 10.6. The van der Waals surface area contributed by atoms with E-state index < -0.39 is 0 Å². The molecule has 1 aromatic rings. The van der Waals surface area contributed by atoms with Crippen LogP contribution in [0, 0.1) is 0 Å². The van der Waals surface area contributed by atoms with Crippen molar-refractivity contribution in [3.63, 3.8) is 0 Å². The van der Waals surface area contributed by atoms with E-state index in [0.29, 0.717) is 6.61 Å². The van der Waals surface area contributed by atoms with E-state index in [9.17, 15) is 4.79 Å². The van der Waals surface area contributed by atoms with Crippen molar-refractivity contribution in [1.82, 2.24) is 10.6 Å². The Labute approximate surface area is 127 Å². The second-order valence-corrected chi connectivity index (χ2v) is 5.00. The van der Waals surface area contributed by atoms with Gasteiger partial charge in [0.05, 0.1) is 6.61 Å². The quantitative estimate of drug-likeness (QED) is 0.645. The van der Waals surface area contributed by atoms with Crippen LogP contribution in [0.2, 0.25) is 0 Å². The van der Waals surface area contributed by atoms with Crippen LogP contribution in [0.1, 0.15) is 25.8 Å². The number of rotatable bonds is 10. The first-order valence-corrected chi connectivity index (χ1v) is 7.37. The molecule has 0 aliphatic carbocycles. The highest BCUT2D eigenvalue weighted by atomic mass is 16.5. The predicted molar refractivity (Wildman–Crippen MR) is 83.4 cm³/mol. The highest BCUT2D eigenvalue weighted by Crippen LogP contribution is 2.17. The van der Waals surface area contributed by atoms with Crippen molar-refractivity contribution in [2.75, 3.05) is 26.9 Å². The van der Waals surface area contributed by atoms with Gasteiger partial charge in [0.25, 0.3) is 5.91 Å². The van der Waals surface area contributed by atoms with Gasteiger partial charge >= 0.3 is 0 Å². The van der Waals surface area contributed by atoms with Crippen molar-refractivity contribution in [3.8, 4) is 5.75 Å². The maximum Gasteiger partial charge on any atom is 0.258 e. The molecule has 0 heterocycles. The summed E-state index contributed by atoms with van der Waals surface area (Å²) in [5, 5.41) is 6.15. The first kappa shape index (κ1) is 17.5. The van der Waals surface area contributed by atoms with Crippen LogP contribution in [-0.4, -0.2) is 38.8 Å². The van der Waals surface area contributed by atoms with E-state index in [1.807, 2.05) is 31.2 Å². The van der Waals surface area contributed by atoms with E-state index in [4.69, 9.17) is 9.47 Å². The van der Waals surface area contributed by atoms with Gasteiger partial charge < -0.3 is 20.1 Å². The molecule has 5 nitrogen and oxygen atoms in total. The normalized spacial score (nSPS) is 12.0. The number of methoxy groups -OCH3 is 1. The number of carbonyl (C=O) groups excluding carboxylic acids is 1. The number of nitrogens with one attached hydrogen (secondary N) is 2. The number of para-hydroxylation sites is 1. The number of benzene rings is 1. The summed E-state index contributed by atoms with van der Waals surface area (Å²) in [5.41, 5.74) is 1.06. The smallest absolute Gasteiger partial charge is 0.258 e. The molecule has 1 aromatic carbocycles. The number of carbonyl (C=O) groups is 1. The van der Waals surface area contributed by atoms with Crippen molar-refractivity contribution in [3.05, 3.63) is 29.8 Å². The van der Waals surface area contributed by atoms with Gasteiger partial charge in [-0.1, -0.05) is 25.1 Å². The lowest BCUT2D eigenvalue weighted by Crippen LogP contribution is -2.38. The molecule has 0 aliphatic rings. The van der Waals surface area contributed by atoms with Crippen LogP contribution < -0.4 is 15.4 Å². The third kappa shape index (κ3) is 7.11. The lowest BCUT2D eigenvalue weighted by Gasteiger charge is -2.15. The van der Waals surface area contributed by atoms with E-state index in [2.05, 4.69) is 17.6 Å². The minimum Gasteiger partial charge on any atom is -0.483 e. The number of hydrogen-bond acceptors (Lipinski definition) is 4. The summed E-state index contributed by atoms with van der Waals surface area (Å²) in [6, 6.07) is 7.74. The summed E-state index contributed by atoms with van der Waals surface area (Å²) in [5.74, 6) is 0.603. The minimum absolute atomic E-state index is 0.0127. The summed E-state index contributed by atoms with van der Waals surface area (Å²) in [6.07, 6.45) is 1.09. The van der Waals surface area contributed by atoms with Gasteiger partial charge in [0.15, 0.2) is 6.61 Å². The molecule has 0 fully saturated rings. The number of hydrogen-bond donors (Lipinski definition) is 2. The molecule has 0 aromatic heterocycles. The molecule has 5 heteroatoms. The molecule has 0 saturated carbocycles. The summed E-state index contributed by atoms with van der Waals surface area (Å²) in [7, 11) is 1.61. The van der Waals surface area contributed by atoms with Crippen LogP contribution in [0.3, 0.4) is 0 Å². The summed E-state index contributed by atoms with van der Waals surface area (Å²) >= 11 is 0. The second-order valence-electron chi connectivity index (χ2n) is 5.00. The Hall–Kier alpha value is -1.59. The van der Waals surface area contributed by atoms with Crippen molar-refractivity contribution >= 4 is 5.91 Å². The fraction of sp³-hybridized carbons (Fsp3) is 0.562. The van der Waals surface area contributed by atoms with Gasteiger partial charge in [0.2, 0.25) is 0 Å². The summed E-state index contributed by atoms with van der Waals surface area (Å²) in [6.45, 7) is 6.22. The van der Waals surface area contributed by atoms with E-state index >= 15 is 0 Å². The summed E-state index contributed by atoms with van der Waals surface area (Å²) in [4.78, 5) is 11.8. The van der Waals surface area contributed by atoms with Gasteiger partial charge in [-0.2, -0.15) is 0 Å². The number of ether oxygens (including phenoxy) is 2. The first-order chi connectivity index (χ1) is 10.2. The Kier molecular flexibility index (Phi) is 8.47. The molecule has 0 spiro atoms. The van der Waals surface area contributed by atoms with Gasteiger partial charge in [0.1, 0.15) is 5.75 Å². The third-order valence-electron chi connectivity index (χ3n) is 2.90. The fourth-order valence-electron chi connectivity index (χ4n) is 1.94. The van der Waals surface area contributed by atoms with E-state index in [1.54, 1.807) is 7.11 Å². The van der Waals surface area contributed by atoms with Gasteiger partial charge in [-0.05, 0) is 26.0 Å². The van der Waals surface area contributed by atoms with E-state index in [1.165, 1.54) is 0 Å². The molecule has 0 aliphatic heterocycles. The average molecular weight is 294 g/mol. The third-order valence-corrected chi connectivity index (χ3v) is 2.90. The average Bonchev–Trinajstić information content (AvgIpc) is 2.46. The second kappa shape index (κ2) is 10.2. The Balaban J connectivity index is 2.45. The molecule has 0 saturated heterocycles. The molecule has 1 atom stereocenters. The van der Waals surface area contributed by atoms with Crippen molar-refractivity contribution in [2.24, 2.45) is 0 Å². The molecule has 0 radical (unpaired) electrons. The van der Waals surface area contributed by atoms with Crippen LogP contribution in [-0.2, 0) is 16.1 Å². The standard InChI is InChI=1S/C16H26N2O3/c1-4-9-17-10-14-7-5-6-8-15(14)21-12-16(19)18-13(2)11-20-3/h5-8,13,17H,4,9-12H2,1-3H3,(H,18,19). The lowest BCUT2D eigenvalue weighted by molar-refractivity contribution is -0.124. The zero-order chi connectivity index (χ0) is 15.5. The molecule has 1 amide bonds. The minimum atomic E-state index is -0.143.